The van der Waals surface area contributed by atoms with Crippen molar-refractivity contribution in [3.8, 4) is 0 Å². The molecule has 1 aliphatic rings. The van der Waals surface area contributed by atoms with Crippen molar-refractivity contribution in [3.63, 3.8) is 0 Å². The van der Waals surface area contributed by atoms with E-state index < -0.39 is 0 Å². The Balaban J connectivity index is 1.80. The van der Waals surface area contributed by atoms with Crippen LogP contribution in [0.25, 0.3) is 0 Å². The molecule has 0 unspecified atom stereocenters. The standard InChI is InChI=1S/C15H23BrN2O/c1-2-18-11-13(16)10-14(18)15(19)17-9-8-12-6-4-3-5-7-12/h10-12H,2-9H2,1H3,(H,17,19). The SMILES string of the molecule is CCn1cc(Br)cc1C(=O)NCCC1CCCCC1. The van der Waals surface area contributed by atoms with E-state index in [1.807, 2.05) is 23.8 Å². The van der Waals surface area contributed by atoms with Gasteiger partial charge < -0.3 is 9.88 Å². The Morgan fingerprint density at radius 1 is 1.42 bits per heavy atom. The molecule has 2 rings (SSSR count). The topological polar surface area (TPSA) is 34.0 Å². The van der Waals surface area contributed by atoms with Gasteiger partial charge in [0.25, 0.3) is 5.91 Å². The van der Waals surface area contributed by atoms with Gasteiger partial charge in [-0.3, -0.25) is 4.79 Å². The Labute approximate surface area is 123 Å². The second-order valence-corrected chi connectivity index (χ2v) is 6.29. The predicted octanol–water partition coefficient (Wildman–Crippen LogP) is 3.97. The lowest BCUT2D eigenvalue weighted by atomic mass is 9.87. The number of nitrogens with zero attached hydrogens (tertiary/aromatic N) is 1. The Hall–Kier alpha value is -0.770. The number of carbonyl (C=O) groups excluding carboxylic acids is 1. The van der Waals surface area contributed by atoms with E-state index in [0.717, 1.165) is 35.6 Å². The molecule has 3 nitrogen and oxygen atoms in total. The van der Waals surface area contributed by atoms with Gasteiger partial charge in [0.1, 0.15) is 5.69 Å². The van der Waals surface area contributed by atoms with E-state index in [-0.39, 0.29) is 5.91 Å². The molecule has 1 saturated carbocycles. The van der Waals surface area contributed by atoms with Crippen LogP contribution < -0.4 is 5.32 Å². The third kappa shape index (κ3) is 4.10. The summed E-state index contributed by atoms with van der Waals surface area (Å²) in [5.74, 6) is 0.863. The molecule has 1 amide bonds. The van der Waals surface area contributed by atoms with E-state index in [0.29, 0.717) is 0 Å². The highest BCUT2D eigenvalue weighted by Crippen LogP contribution is 2.25. The Morgan fingerprint density at radius 2 is 2.16 bits per heavy atom. The normalized spacial score (nSPS) is 16.5. The predicted molar refractivity (Wildman–Crippen MR) is 81.3 cm³/mol. The van der Waals surface area contributed by atoms with Crippen LogP contribution in [-0.2, 0) is 6.54 Å². The minimum Gasteiger partial charge on any atom is -0.351 e. The molecule has 1 N–H and O–H groups in total. The lowest BCUT2D eigenvalue weighted by Crippen LogP contribution is -2.28. The van der Waals surface area contributed by atoms with Crippen LogP contribution in [0.5, 0.6) is 0 Å². The van der Waals surface area contributed by atoms with Crippen LogP contribution in [0.1, 0.15) is 55.9 Å². The van der Waals surface area contributed by atoms with Crippen molar-refractivity contribution in [2.24, 2.45) is 5.92 Å². The van der Waals surface area contributed by atoms with Crippen molar-refractivity contribution < 1.29 is 4.79 Å². The summed E-state index contributed by atoms with van der Waals surface area (Å²) in [5, 5.41) is 3.05. The van der Waals surface area contributed by atoms with Gasteiger partial charge in [-0.25, -0.2) is 0 Å². The smallest absolute Gasteiger partial charge is 0.267 e. The van der Waals surface area contributed by atoms with Crippen LogP contribution in [-0.4, -0.2) is 17.0 Å². The zero-order valence-electron chi connectivity index (χ0n) is 11.6. The first-order chi connectivity index (χ1) is 9.20. The Kier molecular flexibility index (Phi) is 5.49. The molecule has 0 aromatic carbocycles. The van der Waals surface area contributed by atoms with Gasteiger partial charge in [-0.1, -0.05) is 32.1 Å². The number of nitrogens with one attached hydrogen (secondary N) is 1. The highest BCUT2D eigenvalue weighted by atomic mass is 79.9. The fourth-order valence-corrected chi connectivity index (χ4v) is 3.35. The molecule has 1 aliphatic carbocycles. The minimum absolute atomic E-state index is 0.0448. The van der Waals surface area contributed by atoms with Crippen LogP contribution >= 0.6 is 15.9 Å². The molecule has 0 aliphatic heterocycles. The van der Waals surface area contributed by atoms with Crippen LogP contribution in [0.2, 0.25) is 0 Å². The van der Waals surface area contributed by atoms with E-state index in [9.17, 15) is 4.79 Å². The number of aromatic nitrogens is 1. The van der Waals surface area contributed by atoms with Crippen molar-refractivity contribution in [1.29, 1.82) is 0 Å². The molecule has 19 heavy (non-hydrogen) atoms. The zero-order chi connectivity index (χ0) is 13.7. The van der Waals surface area contributed by atoms with Crippen molar-refractivity contribution in [3.05, 3.63) is 22.4 Å². The van der Waals surface area contributed by atoms with Gasteiger partial charge in [-0.05, 0) is 41.3 Å². The average Bonchev–Trinajstić information content (AvgIpc) is 2.81. The fraction of sp³-hybridized carbons (Fsp3) is 0.667. The van der Waals surface area contributed by atoms with Crippen LogP contribution in [0, 0.1) is 5.92 Å². The van der Waals surface area contributed by atoms with E-state index in [4.69, 9.17) is 0 Å². The first-order valence-corrected chi connectivity index (χ1v) is 8.14. The second kappa shape index (κ2) is 7.13. The quantitative estimate of drug-likeness (QED) is 0.872. The maximum Gasteiger partial charge on any atom is 0.267 e. The van der Waals surface area contributed by atoms with Gasteiger partial charge in [-0.2, -0.15) is 0 Å². The van der Waals surface area contributed by atoms with E-state index in [1.165, 1.54) is 32.1 Å². The average molecular weight is 327 g/mol. The molecule has 0 saturated heterocycles. The number of halogens is 1. The molecule has 106 valence electrons. The number of rotatable bonds is 5. The summed E-state index contributed by atoms with van der Waals surface area (Å²) in [6.07, 6.45) is 9.88. The number of hydrogen-bond donors (Lipinski definition) is 1. The molecule has 0 spiro atoms. The molecule has 0 bridgehead atoms. The maximum absolute atomic E-state index is 12.1. The zero-order valence-corrected chi connectivity index (χ0v) is 13.2. The largest absolute Gasteiger partial charge is 0.351 e. The summed E-state index contributed by atoms with van der Waals surface area (Å²) in [4.78, 5) is 12.1. The van der Waals surface area contributed by atoms with Crippen molar-refractivity contribution in [2.75, 3.05) is 6.54 Å². The molecule has 4 heteroatoms. The van der Waals surface area contributed by atoms with Gasteiger partial charge in [0, 0.05) is 23.8 Å². The Bertz CT molecular complexity index is 422. The highest BCUT2D eigenvalue weighted by molar-refractivity contribution is 9.10. The summed E-state index contributed by atoms with van der Waals surface area (Å²) >= 11 is 3.42. The van der Waals surface area contributed by atoms with Crippen LogP contribution in [0.15, 0.2) is 16.7 Å². The molecular weight excluding hydrogens is 304 g/mol. The highest BCUT2D eigenvalue weighted by Gasteiger charge is 2.15. The number of carbonyl (C=O) groups is 1. The van der Waals surface area contributed by atoms with Crippen LogP contribution in [0.4, 0.5) is 0 Å². The van der Waals surface area contributed by atoms with E-state index in [1.54, 1.807) is 0 Å². The molecule has 1 fully saturated rings. The number of amides is 1. The molecule has 1 aromatic heterocycles. The third-order valence-electron chi connectivity index (χ3n) is 4.00. The van der Waals surface area contributed by atoms with Gasteiger partial charge in [-0.15, -0.1) is 0 Å². The molecule has 0 radical (unpaired) electrons. The molecule has 1 aromatic rings. The summed E-state index contributed by atoms with van der Waals surface area (Å²) in [6.45, 7) is 3.66. The minimum atomic E-state index is 0.0448. The lowest BCUT2D eigenvalue weighted by Gasteiger charge is -2.21. The maximum atomic E-state index is 12.1. The third-order valence-corrected chi connectivity index (χ3v) is 4.43. The van der Waals surface area contributed by atoms with E-state index >= 15 is 0 Å². The summed E-state index contributed by atoms with van der Waals surface area (Å²) in [7, 11) is 0. The second-order valence-electron chi connectivity index (χ2n) is 5.38. The Morgan fingerprint density at radius 3 is 2.84 bits per heavy atom. The lowest BCUT2D eigenvalue weighted by molar-refractivity contribution is 0.0941. The fourth-order valence-electron chi connectivity index (χ4n) is 2.88. The molecule has 0 atom stereocenters. The number of hydrogen-bond acceptors (Lipinski definition) is 1. The first-order valence-electron chi connectivity index (χ1n) is 7.34. The van der Waals surface area contributed by atoms with Gasteiger partial charge in [0.05, 0.1) is 0 Å². The van der Waals surface area contributed by atoms with Crippen molar-refractivity contribution >= 4 is 21.8 Å². The monoisotopic (exact) mass is 326 g/mol. The molecular formula is C15H23BrN2O. The van der Waals surface area contributed by atoms with Gasteiger partial charge >= 0.3 is 0 Å². The van der Waals surface area contributed by atoms with Gasteiger partial charge in [0.2, 0.25) is 0 Å². The summed E-state index contributed by atoms with van der Waals surface area (Å²) < 4.78 is 2.94. The summed E-state index contributed by atoms with van der Waals surface area (Å²) in [5.41, 5.74) is 0.748. The van der Waals surface area contributed by atoms with Crippen LogP contribution in [0.3, 0.4) is 0 Å². The molecule has 1 heterocycles. The van der Waals surface area contributed by atoms with Crippen molar-refractivity contribution in [1.82, 2.24) is 9.88 Å². The van der Waals surface area contributed by atoms with Gasteiger partial charge in [0.15, 0.2) is 0 Å². The van der Waals surface area contributed by atoms with Crippen molar-refractivity contribution in [2.45, 2.75) is 52.0 Å². The summed E-state index contributed by atoms with van der Waals surface area (Å²) in [6, 6.07) is 1.89. The van der Waals surface area contributed by atoms with E-state index in [2.05, 4.69) is 21.2 Å². The number of aryl methyl sites for hydroxylation is 1. The first kappa shape index (κ1) is 14.6.